The van der Waals surface area contributed by atoms with Crippen LogP contribution in [0.4, 0.5) is 0 Å². The highest BCUT2D eigenvalue weighted by atomic mass is 35.5. The molecule has 21 heavy (non-hydrogen) atoms. The number of hydrogen-bond acceptors (Lipinski definition) is 4. The number of imidazole rings is 1. The van der Waals surface area contributed by atoms with E-state index in [0.29, 0.717) is 17.8 Å². The van der Waals surface area contributed by atoms with Crippen LogP contribution in [0.3, 0.4) is 0 Å². The smallest absolute Gasteiger partial charge is 0.295 e. The summed E-state index contributed by atoms with van der Waals surface area (Å²) in [6, 6.07) is 0. The number of halogens is 1. The van der Waals surface area contributed by atoms with Crippen molar-refractivity contribution < 1.29 is 0 Å². The van der Waals surface area contributed by atoms with Gasteiger partial charge in [0, 0.05) is 14.1 Å². The van der Waals surface area contributed by atoms with Crippen molar-refractivity contribution in [3.8, 4) is 0 Å². The maximum atomic E-state index is 12.4. The number of rotatable bonds is 2. The van der Waals surface area contributed by atoms with Gasteiger partial charge in [-0.15, -0.1) is 0 Å². The second-order valence-corrected chi connectivity index (χ2v) is 5.85. The molecule has 1 aliphatic heterocycles. The maximum Gasteiger partial charge on any atom is 0.332 e. The minimum Gasteiger partial charge on any atom is -0.295 e. The molecule has 114 valence electrons. The lowest BCUT2D eigenvalue weighted by Gasteiger charge is -2.27. The topological polar surface area (TPSA) is 65.1 Å². The summed E-state index contributed by atoms with van der Waals surface area (Å²) in [6.07, 6.45) is 3.55. The number of piperidine rings is 1. The number of aromatic nitrogens is 4. The molecule has 0 radical (unpaired) electrons. The number of nitrogens with zero attached hydrogens (tertiary/aromatic N) is 5. The Morgan fingerprint density at radius 2 is 1.76 bits per heavy atom. The van der Waals surface area contributed by atoms with Gasteiger partial charge >= 0.3 is 5.69 Å². The zero-order chi connectivity index (χ0) is 15.1. The molecule has 2 aromatic rings. The molecule has 1 fully saturated rings. The van der Waals surface area contributed by atoms with Gasteiger partial charge in [-0.1, -0.05) is 6.42 Å². The van der Waals surface area contributed by atoms with Gasteiger partial charge in [-0.25, -0.2) is 4.79 Å². The van der Waals surface area contributed by atoms with Gasteiger partial charge in [0.15, 0.2) is 11.2 Å². The van der Waals surface area contributed by atoms with Gasteiger partial charge in [-0.3, -0.25) is 23.4 Å². The Balaban J connectivity index is 2.16. The normalized spacial score (nSPS) is 16.7. The molecule has 0 spiro atoms. The standard InChI is InChI=1S/C13H18ClN5O2/c1-16-10-9(11(20)17(2)13(16)21)19(12(14)15-10)8-18-6-4-3-5-7-18/h3-8H2,1-2H3. The summed E-state index contributed by atoms with van der Waals surface area (Å²) >= 11 is 6.20. The monoisotopic (exact) mass is 311 g/mol. The van der Waals surface area contributed by atoms with Crippen LogP contribution >= 0.6 is 11.6 Å². The summed E-state index contributed by atoms with van der Waals surface area (Å²) in [4.78, 5) is 30.8. The highest BCUT2D eigenvalue weighted by Gasteiger charge is 2.20. The molecule has 0 bridgehead atoms. The molecule has 8 heteroatoms. The van der Waals surface area contributed by atoms with Gasteiger partial charge in [-0.05, 0) is 37.5 Å². The number of fused-ring (bicyclic) bond motifs is 1. The minimum absolute atomic E-state index is 0.244. The predicted octanol–water partition coefficient (Wildman–Crippen LogP) is 0.530. The Kier molecular flexibility index (Phi) is 3.62. The molecule has 0 amide bonds. The molecule has 0 unspecified atom stereocenters. The molecule has 1 saturated heterocycles. The first kappa shape index (κ1) is 14.3. The van der Waals surface area contributed by atoms with Crippen LogP contribution in [0.2, 0.25) is 5.28 Å². The van der Waals surface area contributed by atoms with Crippen molar-refractivity contribution in [2.75, 3.05) is 13.1 Å². The summed E-state index contributed by atoms with van der Waals surface area (Å²) in [6.45, 7) is 2.51. The van der Waals surface area contributed by atoms with Crippen molar-refractivity contribution >= 4 is 22.8 Å². The summed E-state index contributed by atoms with van der Waals surface area (Å²) in [7, 11) is 3.06. The van der Waals surface area contributed by atoms with Crippen LogP contribution in [0.15, 0.2) is 9.59 Å². The highest BCUT2D eigenvalue weighted by Crippen LogP contribution is 2.18. The lowest BCUT2D eigenvalue weighted by Crippen LogP contribution is -2.38. The summed E-state index contributed by atoms with van der Waals surface area (Å²) in [5.41, 5.74) is -0.0309. The number of likely N-dealkylation sites (tertiary alicyclic amines) is 1. The van der Waals surface area contributed by atoms with Crippen molar-refractivity contribution in [3.63, 3.8) is 0 Å². The van der Waals surface area contributed by atoms with Gasteiger partial charge in [-0.2, -0.15) is 4.98 Å². The quantitative estimate of drug-likeness (QED) is 0.759. The first-order chi connectivity index (χ1) is 10.0. The average Bonchev–Trinajstić information content (AvgIpc) is 2.81. The Morgan fingerprint density at radius 1 is 1.10 bits per heavy atom. The van der Waals surface area contributed by atoms with Crippen molar-refractivity contribution in [3.05, 3.63) is 26.1 Å². The third kappa shape index (κ3) is 2.30. The Bertz CT molecular complexity index is 797. The van der Waals surface area contributed by atoms with E-state index in [1.54, 1.807) is 11.6 Å². The molecule has 2 aromatic heterocycles. The molecular weight excluding hydrogens is 294 g/mol. The Hall–Kier alpha value is -1.60. The number of aryl methyl sites for hydroxylation is 1. The average molecular weight is 312 g/mol. The Labute approximate surface area is 126 Å². The summed E-state index contributed by atoms with van der Waals surface area (Å²) < 4.78 is 4.15. The second-order valence-electron chi connectivity index (χ2n) is 5.51. The van der Waals surface area contributed by atoms with Crippen LogP contribution in [0.5, 0.6) is 0 Å². The van der Waals surface area contributed by atoms with Gasteiger partial charge in [0.05, 0.1) is 6.67 Å². The minimum atomic E-state index is -0.396. The van der Waals surface area contributed by atoms with Crippen molar-refractivity contribution in [1.29, 1.82) is 0 Å². The molecule has 7 nitrogen and oxygen atoms in total. The summed E-state index contributed by atoms with van der Waals surface area (Å²) in [5, 5.41) is 0.244. The predicted molar refractivity (Wildman–Crippen MR) is 80.6 cm³/mol. The first-order valence-electron chi connectivity index (χ1n) is 7.05. The second kappa shape index (κ2) is 5.31. The first-order valence-corrected chi connectivity index (χ1v) is 7.42. The van der Waals surface area contributed by atoms with E-state index in [9.17, 15) is 9.59 Å². The summed E-state index contributed by atoms with van der Waals surface area (Å²) in [5.74, 6) is 0. The lowest BCUT2D eigenvalue weighted by molar-refractivity contribution is 0.184. The van der Waals surface area contributed by atoms with Crippen LogP contribution in [0.1, 0.15) is 19.3 Å². The zero-order valence-electron chi connectivity index (χ0n) is 12.2. The van der Waals surface area contributed by atoms with Crippen molar-refractivity contribution in [2.24, 2.45) is 14.1 Å². The Morgan fingerprint density at radius 3 is 2.43 bits per heavy atom. The molecule has 0 atom stereocenters. The van der Waals surface area contributed by atoms with Crippen molar-refractivity contribution in [2.45, 2.75) is 25.9 Å². The highest BCUT2D eigenvalue weighted by molar-refractivity contribution is 6.29. The van der Waals surface area contributed by atoms with Gasteiger partial charge in [0.25, 0.3) is 5.56 Å². The van der Waals surface area contributed by atoms with Crippen LogP contribution in [0, 0.1) is 0 Å². The SMILES string of the molecule is Cn1c(=O)c2c(nc(Cl)n2CN2CCCCC2)n(C)c1=O. The van der Waals surface area contributed by atoms with Gasteiger partial charge in [0.1, 0.15) is 0 Å². The van der Waals surface area contributed by atoms with Crippen LogP contribution in [0.25, 0.3) is 11.2 Å². The fraction of sp³-hybridized carbons (Fsp3) is 0.615. The van der Waals surface area contributed by atoms with Crippen LogP contribution in [-0.2, 0) is 20.8 Å². The zero-order valence-corrected chi connectivity index (χ0v) is 12.9. The molecule has 3 rings (SSSR count). The van der Waals surface area contributed by atoms with E-state index >= 15 is 0 Å². The molecule has 1 aliphatic rings. The van der Waals surface area contributed by atoms with E-state index in [1.165, 1.54) is 18.0 Å². The van der Waals surface area contributed by atoms with Crippen LogP contribution in [-0.4, -0.2) is 36.7 Å². The third-order valence-corrected chi connectivity index (χ3v) is 4.38. The maximum absolute atomic E-state index is 12.4. The molecule has 0 N–H and O–H groups in total. The third-order valence-electron chi connectivity index (χ3n) is 4.09. The van der Waals surface area contributed by atoms with Gasteiger partial charge in [0.2, 0.25) is 5.28 Å². The van der Waals surface area contributed by atoms with Crippen LogP contribution < -0.4 is 11.2 Å². The molecular formula is C13H18ClN5O2. The molecule has 0 aromatic carbocycles. The van der Waals surface area contributed by atoms with Crippen molar-refractivity contribution in [1.82, 2.24) is 23.6 Å². The fourth-order valence-electron chi connectivity index (χ4n) is 2.85. The molecule has 0 aliphatic carbocycles. The van der Waals surface area contributed by atoms with E-state index in [4.69, 9.17) is 11.6 Å². The number of hydrogen-bond donors (Lipinski definition) is 0. The van der Waals surface area contributed by atoms with Gasteiger partial charge < -0.3 is 0 Å². The van der Waals surface area contributed by atoms with E-state index in [2.05, 4.69) is 9.88 Å². The van der Waals surface area contributed by atoms with E-state index in [0.717, 1.165) is 30.5 Å². The molecule has 3 heterocycles. The van der Waals surface area contributed by atoms with E-state index in [-0.39, 0.29) is 10.8 Å². The fourth-order valence-corrected chi connectivity index (χ4v) is 3.07. The molecule has 0 saturated carbocycles. The largest absolute Gasteiger partial charge is 0.332 e. The lowest BCUT2D eigenvalue weighted by atomic mass is 10.1. The van der Waals surface area contributed by atoms with E-state index in [1.807, 2.05) is 0 Å². The van der Waals surface area contributed by atoms with E-state index < -0.39 is 5.69 Å².